The van der Waals surface area contributed by atoms with Crippen molar-refractivity contribution in [3.63, 3.8) is 0 Å². The minimum Gasteiger partial charge on any atom is -0.496 e. The van der Waals surface area contributed by atoms with E-state index < -0.39 is 5.54 Å². The smallest absolute Gasteiger partial charge is 0.277 e. The third-order valence-electron chi connectivity index (χ3n) is 7.09. The van der Waals surface area contributed by atoms with E-state index >= 15 is 0 Å². The molecule has 1 N–H and O–H groups in total. The zero-order valence-electron chi connectivity index (χ0n) is 21.5. The summed E-state index contributed by atoms with van der Waals surface area (Å²) in [7, 11) is 1.60. The number of rotatable bonds is 6. The second kappa shape index (κ2) is 9.58. The molecule has 1 unspecified atom stereocenters. The number of ether oxygens (including phenoxy) is 1. The van der Waals surface area contributed by atoms with Gasteiger partial charge in [0.1, 0.15) is 17.0 Å². The van der Waals surface area contributed by atoms with Crippen molar-refractivity contribution in [1.29, 1.82) is 0 Å². The number of nitrogens with zero attached hydrogens (tertiary/aromatic N) is 3. The van der Waals surface area contributed by atoms with E-state index in [1.807, 2.05) is 86.6 Å². The fourth-order valence-corrected chi connectivity index (χ4v) is 4.82. The van der Waals surface area contributed by atoms with Gasteiger partial charge in [0, 0.05) is 23.4 Å². The highest BCUT2D eigenvalue weighted by atomic mass is 16.5. The minimum atomic E-state index is -1.21. The Bertz CT molecular complexity index is 1480. The van der Waals surface area contributed by atoms with Crippen LogP contribution in [0.4, 0.5) is 5.69 Å². The molecule has 5 rings (SSSR count). The Morgan fingerprint density at radius 3 is 2.46 bits per heavy atom. The van der Waals surface area contributed by atoms with Crippen LogP contribution >= 0.6 is 0 Å². The summed E-state index contributed by atoms with van der Waals surface area (Å²) in [5.74, 6) is 0.159. The number of benzene rings is 3. The van der Waals surface area contributed by atoms with Gasteiger partial charge in [-0.3, -0.25) is 19.2 Å². The summed E-state index contributed by atoms with van der Waals surface area (Å²) in [5, 5.41) is 7.77. The largest absolute Gasteiger partial charge is 0.496 e. The van der Waals surface area contributed by atoms with E-state index in [1.54, 1.807) is 29.7 Å². The van der Waals surface area contributed by atoms with Crippen molar-refractivity contribution in [1.82, 2.24) is 15.1 Å². The number of methoxy groups -OCH3 is 1. The molecule has 3 aromatic carbocycles. The Morgan fingerprint density at radius 2 is 1.73 bits per heavy atom. The number of hydrogen-bond donors (Lipinski definition) is 1. The lowest BCUT2D eigenvalue weighted by Crippen LogP contribution is -2.64. The van der Waals surface area contributed by atoms with Crippen LogP contribution in [-0.2, 0) is 17.9 Å². The minimum absolute atomic E-state index is 0.214. The van der Waals surface area contributed by atoms with Gasteiger partial charge >= 0.3 is 0 Å². The highest BCUT2D eigenvalue weighted by Crippen LogP contribution is 2.35. The van der Waals surface area contributed by atoms with Crippen molar-refractivity contribution < 1.29 is 14.3 Å². The van der Waals surface area contributed by atoms with Gasteiger partial charge in [-0.2, -0.15) is 5.10 Å². The SMILES string of the molecule is COc1ccccc1CNC(=O)C1(C)Cn2nc(-c3ccccc3)cc2C(=O)N1c1ccc(C)c(C)c1. The third kappa shape index (κ3) is 4.37. The molecule has 0 fully saturated rings. The second-order valence-electron chi connectivity index (χ2n) is 9.62. The average molecular weight is 495 g/mol. The summed E-state index contributed by atoms with van der Waals surface area (Å²) in [5.41, 5.74) is 4.54. The lowest BCUT2D eigenvalue weighted by molar-refractivity contribution is -0.126. The van der Waals surface area contributed by atoms with Gasteiger partial charge in [-0.15, -0.1) is 0 Å². The quantitative estimate of drug-likeness (QED) is 0.413. The zero-order valence-corrected chi connectivity index (χ0v) is 21.5. The predicted molar refractivity (Wildman–Crippen MR) is 144 cm³/mol. The molecule has 37 heavy (non-hydrogen) atoms. The summed E-state index contributed by atoms with van der Waals surface area (Å²) in [6, 6.07) is 24.9. The molecular weight excluding hydrogens is 464 g/mol. The molecule has 0 spiro atoms. The molecule has 188 valence electrons. The highest BCUT2D eigenvalue weighted by molar-refractivity contribution is 6.12. The van der Waals surface area contributed by atoms with Crippen molar-refractivity contribution >= 4 is 17.5 Å². The molecular formula is C30H30N4O3. The van der Waals surface area contributed by atoms with Gasteiger partial charge in [-0.1, -0.05) is 54.6 Å². The fourth-order valence-electron chi connectivity index (χ4n) is 4.82. The van der Waals surface area contributed by atoms with Crippen molar-refractivity contribution in [2.24, 2.45) is 0 Å². The topological polar surface area (TPSA) is 76.5 Å². The normalized spacial score (nSPS) is 16.9. The number of fused-ring (bicyclic) bond motifs is 1. The molecule has 0 saturated carbocycles. The van der Waals surface area contributed by atoms with Gasteiger partial charge in [0.05, 0.1) is 19.3 Å². The lowest BCUT2D eigenvalue weighted by atomic mass is 9.93. The first-order chi connectivity index (χ1) is 17.8. The van der Waals surface area contributed by atoms with Crippen molar-refractivity contribution in [3.05, 3.63) is 101 Å². The molecule has 4 aromatic rings. The Balaban J connectivity index is 1.55. The van der Waals surface area contributed by atoms with Crippen molar-refractivity contribution in [3.8, 4) is 17.0 Å². The van der Waals surface area contributed by atoms with E-state index in [4.69, 9.17) is 9.84 Å². The van der Waals surface area contributed by atoms with E-state index in [-0.39, 0.29) is 24.9 Å². The fraction of sp³-hybridized carbons (Fsp3) is 0.233. The van der Waals surface area contributed by atoms with Crippen molar-refractivity contribution in [2.75, 3.05) is 12.0 Å². The molecule has 2 heterocycles. The summed E-state index contributed by atoms with van der Waals surface area (Å²) in [4.78, 5) is 29.5. The monoisotopic (exact) mass is 494 g/mol. The maximum absolute atomic E-state index is 14.0. The van der Waals surface area contributed by atoms with Crippen LogP contribution in [-0.4, -0.2) is 34.2 Å². The first-order valence-corrected chi connectivity index (χ1v) is 12.3. The number of amides is 2. The molecule has 7 heteroatoms. The molecule has 0 bridgehead atoms. The Morgan fingerprint density at radius 1 is 1.00 bits per heavy atom. The molecule has 0 aliphatic carbocycles. The van der Waals surface area contributed by atoms with Gasteiger partial charge in [0.25, 0.3) is 5.91 Å². The molecule has 1 aliphatic heterocycles. The Labute approximate surface area is 216 Å². The molecule has 1 aliphatic rings. The maximum atomic E-state index is 14.0. The van der Waals surface area contributed by atoms with Crippen LogP contribution in [0, 0.1) is 13.8 Å². The number of carbonyl (C=O) groups excluding carboxylic acids is 2. The third-order valence-corrected chi connectivity index (χ3v) is 7.09. The summed E-state index contributed by atoms with van der Waals surface area (Å²) in [6.45, 7) is 6.31. The number of hydrogen-bond acceptors (Lipinski definition) is 4. The molecule has 1 atom stereocenters. The van der Waals surface area contributed by atoms with Crippen LogP contribution in [0.1, 0.15) is 34.1 Å². The van der Waals surface area contributed by atoms with Gasteiger partial charge < -0.3 is 10.1 Å². The molecule has 0 saturated heterocycles. The summed E-state index contributed by atoms with van der Waals surface area (Å²) >= 11 is 0. The number of para-hydroxylation sites is 1. The number of nitrogens with one attached hydrogen (secondary N) is 1. The van der Waals surface area contributed by atoms with E-state index in [0.717, 1.165) is 22.3 Å². The van der Waals surface area contributed by atoms with Crippen LogP contribution in [0.5, 0.6) is 5.75 Å². The van der Waals surface area contributed by atoms with E-state index in [1.165, 1.54) is 0 Å². The highest BCUT2D eigenvalue weighted by Gasteiger charge is 2.49. The zero-order chi connectivity index (χ0) is 26.2. The van der Waals surface area contributed by atoms with E-state index in [0.29, 0.717) is 22.8 Å². The van der Waals surface area contributed by atoms with Crippen LogP contribution < -0.4 is 15.0 Å². The molecule has 7 nitrogen and oxygen atoms in total. The van der Waals surface area contributed by atoms with Crippen LogP contribution in [0.2, 0.25) is 0 Å². The molecule has 2 amide bonds. The number of anilines is 1. The maximum Gasteiger partial charge on any atom is 0.277 e. The van der Waals surface area contributed by atoms with E-state index in [2.05, 4.69) is 5.32 Å². The lowest BCUT2D eigenvalue weighted by Gasteiger charge is -2.43. The first kappa shape index (κ1) is 24.3. The van der Waals surface area contributed by atoms with Gasteiger partial charge in [0.2, 0.25) is 5.91 Å². The summed E-state index contributed by atoms with van der Waals surface area (Å²) < 4.78 is 7.10. The Hall–Kier alpha value is -4.39. The first-order valence-electron chi connectivity index (χ1n) is 12.3. The predicted octanol–water partition coefficient (Wildman–Crippen LogP) is 4.91. The standard InChI is InChI=1S/C30H30N4O3/c1-20-14-15-24(16-21(20)2)34-28(35)26-17-25(22-10-6-5-7-11-22)32-33(26)19-30(34,3)29(36)31-18-23-12-8-9-13-27(23)37-4/h5-17H,18-19H2,1-4H3,(H,31,36). The van der Waals surface area contributed by atoms with Crippen LogP contribution in [0.3, 0.4) is 0 Å². The van der Waals surface area contributed by atoms with Crippen molar-refractivity contribution in [2.45, 2.75) is 39.4 Å². The molecule has 1 aromatic heterocycles. The molecule has 0 radical (unpaired) electrons. The number of carbonyl (C=O) groups is 2. The average Bonchev–Trinajstić information content (AvgIpc) is 3.34. The second-order valence-corrected chi connectivity index (χ2v) is 9.62. The Kier molecular flexibility index (Phi) is 6.29. The van der Waals surface area contributed by atoms with Gasteiger partial charge in [-0.25, -0.2) is 0 Å². The number of aryl methyl sites for hydroxylation is 2. The van der Waals surface area contributed by atoms with E-state index in [9.17, 15) is 9.59 Å². The summed E-state index contributed by atoms with van der Waals surface area (Å²) in [6.07, 6.45) is 0. The number of aromatic nitrogens is 2. The van der Waals surface area contributed by atoms with Crippen LogP contribution in [0.25, 0.3) is 11.3 Å². The van der Waals surface area contributed by atoms with Gasteiger partial charge in [-0.05, 0) is 56.2 Å². The van der Waals surface area contributed by atoms with Gasteiger partial charge in [0.15, 0.2) is 0 Å². The van der Waals surface area contributed by atoms with Crippen LogP contribution in [0.15, 0.2) is 78.9 Å².